The van der Waals surface area contributed by atoms with E-state index in [0.717, 1.165) is 5.56 Å². The van der Waals surface area contributed by atoms with Gasteiger partial charge in [-0.1, -0.05) is 32.9 Å². The zero-order valence-electron chi connectivity index (χ0n) is 18.8. The van der Waals surface area contributed by atoms with Crippen LogP contribution in [0.3, 0.4) is 0 Å². The molecule has 0 aliphatic carbocycles. The fourth-order valence-corrected chi connectivity index (χ4v) is 3.26. The number of halogens is 9. The molecule has 36 heavy (non-hydrogen) atoms. The van der Waals surface area contributed by atoms with Crippen molar-refractivity contribution in [2.45, 2.75) is 44.7 Å². The molecule has 4 nitrogen and oxygen atoms in total. The van der Waals surface area contributed by atoms with Gasteiger partial charge in [0.25, 0.3) is 5.56 Å². The van der Waals surface area contributed by atoms with Gasteiger partial charge in [-0.3, -0.25) is 4.79 Å². The average molecular weight is 523 g/mol. The summed E-state index contributed by atoms with van der Waals surface area (Å²) in [5.74, 6) is -0.969. The monoisotopic (exact) mass is 523 g/mol. The minimum Gasteiger partial charge on any atom is -0.325 e. The third kappa shape index (κ3) is 5.82. The van der Waals surface area contributed by atoms with Crippen LogP contribution in [-0.2, 0) is 23.9 Å². The van der Waals surface area contributed by atoms with Crippen molar-refractivity contribution in [3.63, 3.8) is 0 Å². The summed E-state index contributed by atoms with van der Waals surface area (Å²) in [6, 6.07) is 6.58. The molecular formula is C23H18F9N3O. The second-order valence-electron chi connectivity index (χ2n) is 8.81. The molecule has 0 spiro atoms. The van der Waals surface area contributed by atoms with Crippen LogP contribution in [0.4, 0.5) is 51.1 Å². The van der Waals surface area contributed by atoms with Gasteiger partial charge in [0.15, 0.2) is 5.69 Å². The average Bonchev–Trinajstić information content (AvgIpc) is 2.71. The van der Waals surface area contributed by atoms with Crippen LogP contribution in [-0.4, -0.2) is 9.55 Å². The SMILES string of the molecule is CC(C)(C)c1ccc(-n2c(Nc3ccc(C(F)(F)F)cc3C(F)(F)F)nc(C(F)(F)F)cc2=O)cc1. The fourth-order valence-electron chi connectivity index (χ4n) is 3.26. The Morgan fingerprint density at radius 1 is 0.722 bits per heavy atom. The van der Waals surface area contributed by atoms with Crippen molar-refractivity contribution in [3.05, 3.63) is 81.3 Å². The normalized spacial score (nSPS) is 13.1. The van der Waals surface area contributed by atoms with Crippen molar-refractivity contribution in [3.8, 4) is 5.69 Å². The Hall–Kier alpha value is -3.51. The molecule has 13 heteroatoms. The summed E-state index contributed by atoms with van der Waals surface area (Å²) >= 11 is 0. The summed E-state index contributed by atoms with van der Waals surface area (Å²) in [5, 5.41) is 1.99. The topological polar surface area (TPSA) is 46.9 Å². The van der Waals surface area contributed by atoms with Crippen LogP contribution in [0.1, 0.15) is 43.2 Å². The predicted octanol–water partition coefficient (Wildman–Crippen LogP) is 7.33. The van der Waals surface area contributed by atoms with Crippen molar-refractivity contribution >= 4 is 11.6 Å². The summed E-state index contributed by atoms with van der Waals surface area (Å²) in [7, 11) is 0. The number of nitrogens with zero attached hydrogens (tertiary/aromatic N) is 2. The lowest BCUT2D eigenvalue weighted by molar-refractivity contribution is -0.143. The molecule has 0 fully saturated rings. The molecule has 1 heterocycles. The van der Waals surface area contributed by atoms with Crippen LogP contribution < -0.4 is 10.9 Å². The molecule has 0 radical (unpaired) electrons. The maximum Gasteiger partial charge on any atom is 0.433 e. The number of anilines is 2. The van der Waals surface area contributed by atoms with Crippen LogP contribution in [0.25, 0.3) is 5.69 Å². The van der Waals surface area contributed by atoms with E-state index < -0.39 is 52.5 Å². The van der Waals surface area contributed by atoms with E-state index in [2.05, 4.69) is 4.98 Å². The molecule has 0 saturated heterocycles. The zero-order chi connectivity index (χ0) is 27.3. The third-order valence-corrected chi connectivity index (χ3v) is 5.10. The molecule has 3 rings (SSSR count). The Bertz CT molecular complexity index is 1310. The highest BCUT2D eigenvalue weighted by Gasteiger charge is 2.39. The summed E-state index contributed by atoms with van der Waals surface area (Å²) in [6.45, 7) is 5.64. The van der Waals surface area contributed by atoms with Gasteiger partial charge < -0.3 is 5.32 Å². The van der Waals surface area contributed by atoms with Crippen LogP contribution >= 0.6 is 0 Å². The van der Waals surface area contributed by atoms with Crippen LogP contribution in [0, 0.1) is 0 Å². The molecule has 0 saturated carbocycles. The molecule has 0 amide bonds. The number of alkyl halides is 9. The first-order chi connectivity index (χ1) is 16.3. The molecule has 1 N–H and O–H groups in total. The fraction of sp³-hybridized carbons (Fsp3) is 0.304. The summed E-state index contributed by atoms with van der Waals surface area (Å²) in [6.07, 6.45) is -15.5. The third-order valence-electron chi connectivity index (χ3n) is 5.10. The van der Waals surface area contributed by atoms with Gasteiger partial charge in [0.05, 0.1) is 22.5 Å². The van der Waals surface area contributed by atoms with E-state index >= 15 is 0 Å². The van der Waals surface area contributed by atoms with Crippen molar-refractivity contribution < 1.29 is 39.5 Å². The van der Waals surface area contributed by atoms with E-state index in [0.29, 0.717) is 16.7 Å². The molecule has 0 aliphatic rings. The van der Waals surface area contributed by atoms with Crippen LogP contribution in [0.5, 0.6) is 0 Å². The quantitative estimate of drug-likeness (QED) is 0.366. The van der Waals surface area contributed by atoms with E-state index in [1.807, 2.05) is 26.1 Å². The van der Waals surface area contributed by atoms with Crippen LogP contribution in [0.2, 0.25) is 0 Å². The summed E-state index contributed by atoms with van der Waals surface area (Å²) in [5.41, 5.74) is -6.99. The second kappa shape index (κ2) is 8.86. The van der Waals surface area contributed by atoms with Gasteiger partial charge in [0, 0.05) is 6.07 Å². The predicted molar refractivity (Wildman–Crippen MR) is 113 cm³/mol. The Kier molecular flexibility index (Phi) is 6.66. The van der Waals surface area contributed by atoms with Crippen LogP contribution in [0.15, 0.2) is 53.3 Å². The van der Waals surface area contributed by atoms with Gasteiger partial charge in [0.1, 0.15) is 0 Å². The highest BCUT2D eigenvalue weighted by Crippen LogP contribution is 2.40. The van der Waals surface area contributed by atoms with Crippen molar-refractivity contribution in [1.82, 2.24) is 9.55 Å². The van der Waals surface area contributed by atoms with Crippen molar-refractivity contribution in [2.24, 2.45) is 0 Å². The highest BCUT2D eigenvalue weighted by molar-refractivity contribution is 5.62. The lowest BCUT2D eigenvalue weighted by Crippen LogP contribution is -2.26. The lowest BCUT2D eigenvalue weighted by atomic mass is 9.87. The molecule has 2 aromatic carbocycles. The molecule has 0 bridgehead atoms. The number of benzene rings is 2. The largest absolute Gasteiger partial charge is 0.433 e. The second-order valence-corrected chi connectivity index (χ2v) is 8.81. The molecular weight excluding hydrogens is 505 g/mol. The maximum absolute atomic E-state index is 13.6. The first-order valence-corrected chi connectivity index (χ1v) is 10.2. The minimum atomic E-state index is -5.31. The minimum absolute atomic E-state index is 0.0304. The van der Waals surface area contributed by atoms with Gasteiger partial charge >= 0.3 is 18.5 Å². The Morgan fingerprint density at radius 3 is 1.75 bits per heavy atom. The summed E-state index contributed by atoms with van der Waals surface area (Å²) < 4.78 is 120. The molecule has 0 aliphatic heterocycles. The van der Waals surface area contributed by atoms with Gasteiger partial charge in [-0.2, -0.15) is 39.5 Å². The summed E-state index contributed by atoms with van der Waals surface area (Å²) in [4.78, 5) is 15.9. The first-order valence-electron chi connectivity index (χ1n) is 10.2. The van der Waals surface area contributed by atoms with E-state index in [9.17, 15) is 44.3 Å². The maximum atomic E-state index is 13.6. The molecule has 0 atom stereocenters. The number of nitrogens with one attached hydrogen (secondary N) is 1. The Morgan fingerprint density at radius 2 is 1.28 bits per heavy atom. The number of hydrogen-bond donors (Lipinski definition) is 1. The molecule has 3 aromatic rings. The number of rotatable bonds is 3. The van der Waals surface area contributed by atoms with Gasteiger partial charge in [-0.25, -0.2) is 9.55 Å². The smallest absolute Gasteiger partial charge is 0.325 e. The van der Waals surface area contributed by atoms with Gasteiger partial charge in [-0.05, 0) is 41.3 Å². The molecule has 194 valence electrons. The zero-order valence-corrected chi connectivity index (χ0v) is 18.8. The first kappa shape index (κ1) is 27.1. The van der Waals surface area contributed by atoms with Crippen molar-refractivity contribution in [1.29, 1.82) is 0 Å². The van der Waals surface area contributed by atoms with Gasteiger partial charge in [-0.15, -0.1) is 0 Å². The van der Waals surface area contributed by atoms with E-state index in [1.165, 1.54) is 12.1 Å². The van der Waals surface area contributed by atoms with Crippen molar-refractivity contribution in [2.75, 3.05) is 5.32 Å². The van der Waals surface area contributed by atoms with E-state index in [1.54, 1.807) is 12.1 Å². The Labute approximate surface area is 198 Å². The number of hydrogen-bond acceptors (Lipinski definition) is 3. The van der Waals surface area contributed by atoms with E-state index in [-0.39, 0.29) is 23.2 Å². The standard InChI is InChI=1S/C23H18F9N3O/c1-20(2,3)12-4-7-14(8-5-12)35-18(36)11-17(23(30,31)32)34-19(35)33-16-9-6-13(21(24,25)26)10-15(16)22(27,28)29/h4-11H,1-3H3,(H,33,34). The molecule has 1 aromatic heterocycles. The lowest BCUT2D eigenvalue weighted by Gasteiger charge is -2.21. The van der Waals surface area contributed by atoms with Gasteiger partial charge in [0.2, 0.25) is 5.95 Å². The molecule has 0 unspecified atom stereocenters. The number of aromatic nitrogens is 2. The van der Waals surface area contributed by atoms with E-state index in [4.69, 9.17) is 0 Å². The highest BCUT2D eigenvalue weighted by atomic mass is 19.4. The Balaban J connectivity index is 2.24.